The Morgan fingerprint density at radius 1 is 1.21 bits per heavy atom. The van der Waals surface area contributed by atoms with Crippen molar-refractivity contribution in [2.45, 2.75) is 0 Å². The van der Waals surface area contributed by atoms with Gasteiger partial charge in [0.05, 0.1) is 10.0 Å². The van der Waals surface area contributed by atoms with Gasteiger partial charge in [0.15, 0.2) is 5.82 Å². The van der Waals surface area contributed by atoms with Gasteiger partial charge in [0.1, 0.15) is 18.0 Å². The highest BCUT2D eigenvalue weighted by atomic mass is 79.9. The highest BCUT2D eigenvalue weighted by molar-refractivity contribution is 9.10. The lowest BCUT2D eigenvalue weighted by Crippen LogP contribution is -1.89. The summed E-state index contributed by atoms with van der Waals surface area (Å²) in [7, 11) is 0. The molecule has 1 aromatic heterocycles. The third-order valence-electron chi connectivity index (χ3n) is 1.68. The summed E-state index contributed by atoms with van der Waals surface area (Å²) in [6, 6.07) is 2.10. The summed E-state index contributed by atoms with van der Waals surface area (Å²) in [6.45, 7) is 0. The van der Waals surface area contributed by atoms with Crippen molar-refractivity contribution in [2.24, 2.45) is 0 Å². The van der Waals surface area contributed by atoms with E-state index in [0.717, 1.165) is 6.07 Å². The number of H-pyrrole nitrogens is 1. The van der Waals surface area contributed by atoms with Crippen molar-refractivity contribution in [3.05, 3.63) is 34.6 Å². The lowest BCUT2D eigenvalue weighted by molar-refractivity contribution is 0.580. The molecule has 1 aromatic carbocycles. The van der Waals surface area contributed by atoms with Crippen LogP contribution >= 0.6 is 15.9 Å². The molecule has 6 heteroatoms. The molecule has 0 aliphatic heterocycles. The maximum Gasteiger partial charge on any atom is 0.158 e. The Hall–Kier alpha value is -1.30. The third-order valence-corrected chi connectivity index (χ3v) is 2.29. The van der Waals surface area contributed by atoms with Crippen molar-refractivity contribution in [3.8, 4) is 11.4 Å². The average molecular weight is 260 g/mol. The second-order valence-corrected chi connectivity index (χ2v) is 3.43. The van der Waals surface area contributed by atoms with Crippen molar-refractivity contribution in [3.63, 3.8) is 0 Å². The van der Waals surface area contributed by atoms with Crippen LogP contribution in [0, 0.1) is 11.6 Å². The van der Waals surface area contributed by atoms with Crippen LogP contribution in [0.5, 0.6) is 0 Å². The minimum Gasteiger partial charge on any atom is -0.259 e. The predicted octanol–water partition coefficient (Wildman–Crippen LogP) is 2.51. The zero-order valence-corrected chi connectivity index (χ0v) is 8.35. The van der Waals surface area contributed by atoms with Crippen LogP contribution in [0.25, 0.3) is 11.4 Å². The Bertz CT molecular complexity index is 456. The summed E-state index contributed by atoms with van der Waals surface area (Å²) >= 11 is 2.96. The Labute approximate surface area is 86.3 Å². The van der Waals surface area contributed by atoms with Crippen molar-refractivity contribution in [2.75, 3.05) is 0 Å². The number of halogens is 3. The molecule has 3 nitrogen and oxygen atoms in total. The van der Waals surface area contributed by atoms with Gasteiger partial charge in [0.25, 0.3) is 0 Å². The molecular weight excluding hydrogens is 256 g/mol. The van der Waals surface area contributed by atoms with Crippen LogP contribution in [0.3, 0.4) is 0 Å². The van der Waals surface area contributed by atoms with E-state index >= 15 is 0 Å². The molecule has 14 heavy (non-hydrogen) atoms. The second kappa shape index (κ2) is 3.45. The quantitative estimate of drug-likeness (QED) is 0.800. The van der Waals surface area contributed by atoms with Crippen LogP contribution in [0.4, 0.5) is 8.78 Å². The Kier molecular flexibility index (Phi) is 2.28. The summed E-state index contributed by atoms with van der Waals surface area (Å²) in [5, 5.41) is 6.08. The van der Waals surface area contributed by atoms with Crippen LogP contribution < -0.4 is 0 Å². The molecule has 1 N–H and O–H groups in total. The van der Waals surface area contributed by atoms with Gasteiger partial charge >= 0.3 is 0 Å². The van der Waals surface area contributed by atoms with Crippen molar-refractivity contribution in [1.29, 1.82) is 0 Å². The van der Waals surface area contributed by atoms with E-state index in [1.165, 1.54) is 12.4 Å². The van der Waals surface area contributed by atoms with E-state index < -0.39 is 11.6 Å². The number of aromatic amines is 1. The van der Waals surface area contributed by atoms with Crippen LogP contribution in [0.15, 0.2) is 22.9 Å². The highest BCUT2D eigenvalue weighted by Crippen LogP contribution is 2.25. The zero-order valence-electron chi connectivity index (χ0n) is 6.76. The topological polar surface area (TPSA) is 41.6 Å². The molecule has 0 saturated heterocycles. The fourth-order valence-corrected chi connectivity index (χ4v) is 1.38. The molecule has 0 aliphatic rings. The van der Waals surface area contributed by atoms with Gasteiger partial charge in [0.2, 0.25) is 0 Å². The van der Waals surface area contributed by atoms with E-state index in [-0.39, 0.29) is 15.9 Å². The van der Waals surface area contributed by atoms with E-state index in [1.54, 1.807) is 0 Å². The molecule has 0 fully saturated rings. The van der Waals surface area contributed by atoms with Gasteiger partial charge in [-0.2, -0.15) is 5.10 Å². The first-order valence-corrected chi connectivity index (χ1v) is 4.48. The van der Waals surface area contributed by atoms with Crippen LogP contribution in [-0.4, -0.2) is 15.2 Å². The molecule has 0 radical (unpaired) electrons. The van der Waals surface area contributed by atoms with Crippen LogP contribution in [0.2, 0.25) is 0 Å². The molecule has 0 amide bonds. The fourth-order valence-electron chi connectivity index (χ4n) is 1.04. The zero-order chi connectivity index (χ0) is 10.1. The highest BCUT2D eigenvalue weighted by Gasteiger charge is 2.11. The number of aromatic nitrogens is 3. The van der Waals surface area contributed by atoms with E-state index in [4.69, 9.17) is 0 Å². The summed E-state index contributed by atoms with van der Waals surface area (Å²) in [4.78, 5) is 3.77. The Morgan fingerprint density at radius 3 is 2.64 bits per heavy atom. The van der Waals surface area contributed by atoms with Crippen molar-refractivity contribution in [1.82, 2.24) is 15.2 Å². The maximum atomic E-state index is 13.2. The first-order valence-electron chi connectivity index (χ1n) is 3.69. The van der Waals surface area contributed by atoms with Gasteiger partial charge in [-0.3, -0.25) is 5.10 Å². The predicted molar refractivity (Wildman–Crippen MR) is 49.4 cm³/mol. The number of nitrogens with one attached hydrogen (secondary N) is 1. The van der Waals surface area contributed by atoms with Gasteiger partial charge in [-0.15, -0.1) is 0 Å². The van der Waals surface area contributed by atoms with E-state index in [9.17, 15) is 8.78 Å². The lowest BCUT2D eigenvalue weighted by atomic mass is 10.2. The van der Waals surface area contributed by atoms with Gasteiger partial charge in [-0.05, 0) is 22.0 Å². The van der Waals surface area contributed by atoms with Crippen LogP contribution in [-0.2, 0) is 0 Å². The van der Waals surface area contributed by atoms with E-state index in [0.29, 0.717) is 0 Å². The third kappa shape index (κ3) is 1.52. The Morgan fingerprint density at radius 2 is 2.00 bits per heavy atom. The van der Waals surface area contributed by atoms with Crippen molar-refractivity contribution >= 4 is 15.9 Å². The molecule has 0 spiro atoms. The summed E-state index contributed by atoms with van der Waals surface area (Å²) in [6.07, 6.45) is 1.26. The van der Waals surface area contributed by atoms with Crippen molar-refractivity contribution < 1.29 is 8.78 Å². The maximum absolute atomic E-state index is 13.2. The summed E-state index contributed by atoms with van der Waals surface area (Å²) in [5.41, 5.74) is 0.177. The molecule has 2 aromatic rings. The van der Waals surface area contributed by atoms with Gasteiger partial charge in [-0.1, -0.05) is 0 Å². The molecule has 2 rings (SSSR count). The molecule has 72 valence electrons. The number of nitrogens with zero attached hydrogens (tertiary/aromatic N) is 2. The smallest absolute Gasteiger partial charge is 0.158 e. The molecule has 0 aliphatic carbocycles. The van der Waals surface area contributed by atoms with Gasteiger partial charge in [-0.25, -0.2) is 13.8 Å². The summed E-state index contributed by atoms with van der Waals surface area (Å²) in [5.74, 6) is -1.06. The molecule has 0 bridgehead atoms. The van der Waals surface area contributed by atoms with E-state index in [2.05, 4.69) is 31.1 Å². The lowest BCUT2D eigenvalue weighted by Gasteiger charge is -2.00. The van der Waals surface area contributed by atoms with Gasteiger partial charge in [0, 0.05) is 6.07 Å². The summed E-state index contributed by atoms with van der Waals surface area (Å²) < 4.78 is 26.3. The Balaban J connectivity index is 2.60. The largest absolute Gasteiger partial charge is 0.259 e. The molecule has 0 atom stereocenters. The first-order chi connectivity index (χ1) is 6.68. The number of hydrogen-bond acceptors (Lipinski definition) is 2. The molecular formula is C8H4BrF2N3. The molecule has 0 saturated carbocycles. The molecule has 0 unspecified atom stereocenters. The average Bonchev–Trinajstić information content (AvgIpc) is 2.64. The second-order valence-electron chi connectivity index (χ2n) is 2.58. The first kappa shape index (κ1) is 9.26. The minimum absolute atomic E-state index is 0.177. The number of rotatable bonds is 1. The van der Waals surface area contributed by atoms with E-state index in [1.807, 2.05) is 0 Å². The van der Waals surface area contributed by atoms with Gasteiger partial charge < -0.3 is 0 Å². The fraction of sp³-hybridized carbons (Fsp3) is 0. The minimum atomic E-state index is -0.678. The monoisotopic (exact) mass is 259 g/mol. The standard InChI is InChI=1S/C8H4BrF2N3/c9-5-1-4(6(10)2-7(5)11)8-12-3-13-14-8/h1-3H,(H,12,13,14). The number of benzene rings is 1. The SMILES string of the molecule is Fc1cc(F)c(-c2ncn[nH]2)cc1Br. The molecule has 1 heterocycles. The number of hydrogen-bond donors (Lipinski definition) is 1. The normalized spacial score (nSPS) is 10.5. The van der Waals surface area contributed by atoms with Crippen LogP contribution in [0.1, 0.15) is 0 Å².